The molecule has 0 bridgehead atoms. The highest BCUT2D eigenvalue weighted by Gasteiger charge is 2.33. The third-order valence-electron chi connectivity index (χ3n) is 6.14. The number of hydrogen-bond acceptors (Lipinski definition) is 6. The molecule has 2 aliphatic heterocycles. The maximum absolute atomic E-state index is 11.8. The lowest BCUT2D eigenvalue weighted by atomic mass is 9.99. The SMILES string of the molecule is O=C(NCc1ccc([C@H]2O[C@@H](CN3CCOCC3)C[C@@H](c3ccc(CO)cc3)O2)cc1)C(Cl)(Cl)Cl. The first kappa shape index (κ1) is 26.6. The topological polar surface area (TPSA) is 80.3 Å². The van der Waals surface area contributed by atoms with E-state index in [0.29, 0.717) is 0 Å². The highest BCUT2D eigenvalue weighted by molar-refractivity contribution is 6.76. The van der Waals surface area contributed by atoms with Crippen LogP contribution in [0.25, 0.3) is 0 Å². The van der Waals surface area contributed by atoms with Crippen LogP contribution in [0.15, 0.2) is 48.5 Å². The zero-order chi connectivity index (χ0) is 24.8. The summed E-state index contributed by atoms with van der Waals surface area (Å²) < 4.78 is 16.3. The van der Waals surface area contributed by atoms with Crippen LogP contribution < -0.4 is 5.32 Å². The molecule has 0 unspecified atom stereocenters. The van der Waals surface area contributed by atoms with Gasteiger partial charge in [0.05, 0.1) is 32.0 Å². The minimum atomic E-state index is -2.00. The van der Waals surface area contributed by atoms with Gasteiger partial charge in [0, 0.05) is 38.2 Å². The number of ether oxygens (including phenoxy) is 3. The Labute approximate surface area is 220 Å². The third kappa shape index (κ3) is 7.54. The van der Waals surface area contributed by atoms with Crippen molar-refractivity contribution in [2.45, 2.75) is 41.9 Å². The molecule has 2 aromatic rings. The molecule has 2 N–H and O–H groups in total. The van der Waals surface area contributed by atoms with Gasteiger partial charge >= 0.3 is 0 Å². The van der Waals surface area contributed by atoms with Crippen LogP contribution in [0, 0.1) is 0 Å². The second-order valence-electron chi connectivity index (χ2n) is 8.69. The summed E-state index contributed by atoms with van der Waals surface area (Å²) in [5.41, 5.74) is 3.64. The number of nitrogens with one attached hydrogen (secondary N) is 1. The van der Waals surface area contributed by atoms with Crippen LogP contribution in [-0.4, -0.2) is 58.7 Å². The van der Waals surface area contributed by atoms with E-state index in [9.17, 15) is 9.90 Å². The van der Waals surface area contributed by atoms with E-state index in [4.69, 9.17) is 49.0 Å². The molecule has 0 aromatic heterocycles. The van der Waals surface area contributed by atoms with E-state index in [-0.39, 0.29) is 25.4 Å². The van der Waals surface area contributed by atoms with Gasteiger partial charge in [-0.1, -0.05) is 83.3 Å². The molecular weight excluding hydrogens is 515 g/mol. The van der Waals surface area contributed by atoms with Crippen LogP contribution in [0.1, 0.15) is 41.1 Å². The lowest BCUT2D eigenvalue weighted by molar-refractivity contribution is -0.253. The van der Waals surface area contributed by atoms with Gasteiger partial charge in [-0.15, -0.1) is 0 Å². The summed E-state index contributed by atoms with van der Waals surface area (Å²) in [4.78, 5) is 14.2. The van der Waals surface area contributed by atoms with E-state index in [0.717, 1.165) is 61.5 Å². The van der Waals surface area contributed by atoms with Gasteiger partial charge in [0.1, 0.15) is 0 Å². The van der Waals surface area contributed by atoms with Gasteiger partial charge in [0.25, 0.3) is 9.70 Å². The molecule has 7 nitrogen and oxygen atoms in total. The number of halogens is 3. The molecule has 190 valence electrons. The maximum Gasteiger partial charge on any atom is 0.272 e. The highest BCUT2D eigenvalue weighted by Crippen LogP contribution is 2.38. The second-order valence-corrected chi connectivity index (χ2v) is 11.0. The quantitative estimate of drug-likeness (QED) is 0.513. The van der Waals surface area contributed by atoms with E-state index < -0.39 is 16.0 Å². The largest absolute Gasteiger partial charge is 0.392 e. The Balaban J connectivity index is 1.46. The summed E-state index contributed by atoms with van der Waals surface area (Å²) in [6, 6.07) is 15.5. The number of carbonyl (C=O) groups excluding carboxylic acids is 1. The number of rotatable bonds is 7. The number of aliphatic hydroxyl groups excluding tert-OH is 1. The monoisotopic (exact) mass is 542 g/mol. The molecule has 2 aromatic carbocycles. The summed E-state index contributed by atoms with van der Waals surface area (Å²) in [7, 11) is 0. The standard InChI is InChI=1S/C25H29Cl3N2O5/c26-25(27,28)24(32)29-14-17-1-7-20(8-2-17)23-34-21(15-30-9-11-33-12-10-30)13-22(35-23)19-5-3-18(16-31)4-6-19/h1-8,21-23,31H,9-16H2,(H,29,32)/t21-,22+,23+/m1/s1. The molecule has 1 amide bonds. The van der Waals surface area contributed by atoms with Crippen LogP contribution in [0.4, 0.5) is 0 Å². The van der Waals surface area contributed by atoms with Crippen molar-refractivity contribution >= 4 is 40.7 Å². The molecule has 2 aliphatic rings. The van der Waals surface area contributed by atoms with E-state index in [2.05, 4.69) is 10.2 Å². The lowest BCUT2D eigenvalue weighted by Gasteiger charge is -2.39. The highest BCUT2D eigenvalue weighted by atomic mass is 35.6. The van der Waals surface area contributed by atoms with Gasteiger partial charge in [0.2, 0.25) is 0 Å². The van der Waals surface area contributed by atoms with Crippen molar-refractivity contribution in [1.82, 2.24) is 10.2 Å². The lowest BCUT2D eigenvalue weighted by Crippen LogP contribution is -2.44. The van der Waals surface area contributed by atoms with Crippen LogP contribution in [0.3, 0.4) is 0 Å². The summed E-state index contributed by atoms with van der Waals surface area (Å²) >= 11 is 16.8. The number of carbonyl (C=O) groups is 1. The predicted octanol–water partition coefficient (Wildman–Crippen LogP) is 4.04. The van der Waals surface area contributed by atoms with Gasteiger partial charge in [-0.25, -0.2) is 0 Å². The van der Waals surface area contributed by atoms with Crippen molar-refractivity contribution in [2.24, 2.45) is 0 Å². The fourth-order valence-corrected chi connectivity index (χ4v) is 4.38. The number of benzene rings is 2. The zero-order valence-corrected chi connectivity index (χ0v) is 21.4. The summed E-state index contributed by atoms with van der Waals surface area (Å²) in [5, 5.41) is 12.0. The molecule has 3 atom stereocenters. The zero-order valence-electron chi connectivity index (χ0n) is 19.2. The Morgan fingerprint density at radius 3 is 2.23 bits per heavy atom. The molecule has 4 rings (SSSR count). The van der Waals surface area contributed by atoms with Gasteiger partial charge in [0.15, 0.2) is 6.29 Å². The minimum absolute atomic E-state index is 0.00562. The predicted molar refractivity (Wildman–Crippen MR) is 134 cm³/mol. The van der Waals surface area contributed by atoms with E-state index in [1.165, 1.54) is 0 Å². The molecule has 0 saturated carbocycles. The number of amides is 1. The molecule has 2 heterocycles. The minimum Gasteiger partial charge on any atom is -0.392 e. The van der Waals surface area contributed by atoms with Crippen molar-refractivity contribution in [2.75, 3.05) is 32.8 Å². The average Bonchev–Trinajstić information content (AvgIpc) is 2.87. The Bertz CT molecular complexity index is 963. The van der Waals surface area contributed by atoms with E-state index in [1.54, 1.807) is 0 Å². The summed E-state index contributed by atoms with van der Waals surface area (Å²) in [5.74, 6) is -0.675. The number of nitrogens with zero attached hydrogens (tertiary/aromatic N) is 1. The smallest absolute Gasteiger partial charge is 0.272 e. The maximum atomic E-state index is 11.8. The Morgan fingerprint density at radius 1 is 0.971 bits per heavy atom. The molecule has 2 fully saturated rings. The van der Waals surface area contributed by atoms with Crippen molar-refractivity contribution in [3.05, 3.63) is 70.8 Å². The molecule has 2 saturated heterocycles. The Kier molecular flexibility index (Phi) is 9.29. The first-order chi connectivity index (χ1) is 16.8. The van der Waals surface area contributed by atoms with E-state index in [1.807, 2.05) is 48.5 Å². The molecule has 35 heavy (non-hydrogen) atoms. The van der Waals surface area contributed by atoms with Crippen LogP contribution in [-0.2, 0) is 32.2 Å². The van der Waals surface area contributed by atoms with Crippen LogP contribution in [0.5, 0.6) is 0 Å². The van der Waals surface area contributed by atoms with Gasteiger partial charge in [-0.2, -0.15) is 0 Å². The third-order valence-corrected chi connectivity index (χ3v) is 6.66. The van der Waals surface area contributed by atoms with Crippen molar-refractivity contribution in [3.63, 3.8) is 0 Å². The van der Waals surface area contributed by atoms with Crippen molar-refractivity contribution in [1.29, 1.82) is 0 Å². The number of alkyl halides is 3. The number of hydrogen-bond donors (Lipinski definition) is 2. The Morgan fingerprint density at radius 2 is 1.60 bits per heavy atom. The summed E-state index contributed by atoms with van der Waals surface area (Å²) in [6.07, 6.45) is 0.0310. The fraction of sp³-hybridized carbons (Fsp3) is 0.480. The first-order valence-corrected chi connectivity index (χ1v) is 12.7. The summed E-state index contributed by atoms with van der Waals surface area (Å²) in [6.45, 7) is 4.27. The molecule has 0 radical (unpaired) electrons. The number of morpholine rings is 1. The molecular formula is C25H29Cl3N2O5. The van der Waals surface area contributed by atoms with Gasteiger partial charge in [-0.3, -0.25) is 9.69 Å². The molecule has 0 aliphatic carbocycles. The number of aliphatic hydroxyl groups is 1. The normalized spacial score (nSPS) is 23.7. The average molecular weight is 544 g/mol. The molecule has 10 heteroatoms. The van der Waals surface area contributed by atoms with Gasteiger partial charge in [-0.05, 0) is 16.7 Å². The first-order valence-electron chi connectivity index (χ1n) is 11.6. The fourth-order valence-electron chi connectivity index (χ4n) is 4.18. The Hall–Kier alpha value is -1.42. The van der Waals surface area contributed by atoms with Crippen molar-refractivity contribution < 1.29 is 24.1 Å². The van der Waals surface area contributed by atoms with Crippen LogP contribution in [0.2, 0.25) is 0 Å². The van der Waals surface area contributed by atoms with E-state index >= 15 is 0 Å². The van der Waals surface area contributed by atoms with Crippen LogP contribution >= 0.6 is 34.8 Å². The van der Waals surface area contributed by atoms with Crippen molar-refractivity contribution in [3.8, 4) is 0 Å². The van der Waals surface area contributed by atoms with Gasteiger partial charge < -0.3 is 24.6 Å². The second kappa shape index (κ2) is 12.2. The molecule has 0 spiro atoms.